The molecule has 7 nitrogen and oxygen atoms in total. The number of rotatable bonds is 3. The summed E-state index contributed by atoms with van der Waals surface area (Å²) in [6, 6.07) is 2.10. The van der Waals surface area contributed by atoms with Gasteiger partial charge in [-0.2, -0.15) is 0 Å². The van der Waals surface area contributed by atoms with E-state index in [9.17, 15) is 0 Å². The van der Waals surface area contributed by atoms with Crippen LogP contribution in [0.25, 0.3) is 10.7 Å². The minimum Gasteiger partial charge on any atom is -0.364 e. The van der Waals surface area contributed by atoms with Crippen molar-refractivity contribution >= 4 is 16.5 Å². The van der Waals surface area contributed by atoms with Crippen LogP contribution in [-0.2, 0) is 19.9 Å². The Bertz CT molecular complexity index is 883. The Labute approximate surface area is 149 Å². The zero-order chi connectivity index (χ0) is 16.8. The lowest BCUT2D eigenvalue weighted by molar-refractivity contribution is 0.422. The second-order valence-electron chi connectivity index (χ2n) is 6.76. The molecule has 1 atom stereocenters. The van der Waals surface area contributed by atoms with Gasteiger partial charge >= 0.3 is 0 Å². The molecule has 8 heteroatoms. The highest BCUT2D eigenvalue weighted by Crippen LogP contribution is 2.39. The lowest BCUT2D eigenvalue weighted by Crippen LogP contribution is -2.25. The highest BCUT2D eigenvalue weighted by molar-refractivity contribution is 7.18. The molecule has 0 amide bonds. The third kappa shape index (κ3) is 2.47. The summed E-state index contributed by atoms with van der Waals surface area (Å²) in [5, 5.41) is 14.4. The number of aromatic nitrogens is 5. The first-order valence-corrected chi connectivity index (χ1v) is 9.68. The molecular weight excluding hydrogens is 336 g/mol. The normalized spacial score (nSPS) is 20.2. The predicted octanol–water partition coefficient (Wildman–Crippen LogP) is 3.15. The van der Waals surface area contributed by atoms with Gasteiger partial charge in [-0.05, 0) is 38.5 Å². The second-order valence-corrected chi connectivity index (χ2v) is 7.71. The van der Waals surface area contributed by atoms with Crippen molar-refractivity contribution in [2.24, 2.45) is 7.05 Å². The number of fused-ring (bicyclic) bond motifs is 1. The van der Waals surface area contributed by atoms with Gasteiger partial charge in [0.1, 0.15) is 17.8 Å². The minimum absolute atomic E-state index is 0.286. The van der Waals surface area contributed by atoms with E-state index in [4.69, 9.17) is 9.51 Å². The molecule has 5 rings (SSSR count). The van der Waals surface area contributed by atoms with Crippen LogP contribution in [0.3, 0.4) is 0 Å². The van der Waals surface area contributed by atoms with E-state index in [1.165, 1.54) is 30.1 Å². The van der Waals surface area contributed by atoms with Gasteiger partial charge in [-0.25, -0.2) is 4.98 Å². The van der Waals surface area contributed by atoms with E-state index in [-0.39, 0.29) is 6.04 Å². The van der Waals surface area contributed by atoms with E-state index in [0.29, 0.717) is 0 Å². The van der Waals surface area contributed by atoms with Crippen molar-refractivity contribution in [2.45, 2.75) is 44.6 Å². The fraction of sp³-hybridized carbons (Fsp3) is 0.529. The van der Waals surface area contributed by atoms with Crippen molar-refractivity contribution in [3.8, 4) is 10.7 Å². The molecule has 0 N–H and O–H groups in total. The Morgan fingerprint density at radius 3 is 2.96 bits per heavy atom. The molecule has 1 unspecified atom stereocenters. The lowest BCUT2D eigenvalue weighted by atomic mass is 10.0. The van der Waals surface area contributed by atoms with Crippen molar-refractivity contribution in [1.29, 1.82) is 0 Å². The number of hydrogen-bond acceptors (Lipinski definition) is 7. The molecule has 4 heterocycles. The van der Waals surface area contributed by atoms with Crippen LogP contribution < -0.4 is 4.90 Å². The van der Waals surface area contributed by atoms with E-state index in [1.54, 1.807) is 17.6 Å². The fourth-order valence-corrected chi connectivity index (χ4v) is 4.91. The summed E-state index contributed by atoms with van der Waals surface area (Å²) in [6.45, 7) is 0.996. The maximum atomic E-state index is 5.02. The number of nitrogens with zero attached hydrogens (tertiary/aromatic N) is 6. The Hall–Kier alpha value is -2.22. The fourth-order valence-electron chi connectivity index (χ4n) is 4.03. The van der Waals surface area contributed by atoms with E-state index >= 15 is 0 Å². The summed E-state index contributed by atoms with van der Waals surface area (Å²) < 4.78 is 7.25. The molecule has 130 valence electrons. The first-order valence-electron chi connectivity index (χ1n) is 8.86. The van der Waals surface area contributed by atoms with E-state index in [0.717, 1.165) is 48.1 Å². The van der Waals surface area contributed by atoms with Crippen LogP contribution in [0.4, 0.5) is 5.13 Å². The van der Waals surface area contributed by atoms with Gasteiger partial charge < -0.3 is 14.0 Å². The summed E-state index contributed by atoms with van der Waals surface area (Å²) in [6.07, 6.45) is 8.63. The van der Waals surface area contributed by atoms with Gasteiger partial charge in [-0.15, -0.1) is 10.2 Å². The standard InChI is InChI=1S/C17H20N6OS/c1-22-13-6-3-2-5-11(13)18-15(22)14-7-4-9-23(14)17-20-19-16(25-17)12-8-10-24-21-12/h8,10,14H,2-7,9H2,1H3. The first-order chi connectivity index (χ1) is 12.3. The van der Waals surface area contributed by atoms with Crippen LogP contribution in [0.15, 0.2) is 16.9 Å². The quantitative estimate of drug-likeness (QED) is 0.718. The van der Waals surface area contributed by atoms with Gasteiger partial charge in [0.05, 0.1) is 11.7 Å². The lowest BCUT2D eigenvalue weighted by Gasteiger charge is -2.23. The largest absolute Gasteiger partial charge is 0.364 e. The number of imidazole rings is 1. The first kappa shape index (κ1) is 15.1. The minimum atomic E-state index is 0.286. The molecular formula is C17H20N6OS. The number of anilines is 1. The summed E-state index contributed by atoms with van der Waals surface area (Å²) in [5.74, 6) is 1.18. The summed E-state index contributed by atoms with van der Waals surface area (Å²) in [5.41, 5.74) is 3.47. The van der Waals surface area contributed by atoms with Crippen LogP contribution >= 0.6 is 11.3 Å². The van der Waals surface area contributed by atoms with Gasteiger partial charge in [-0.3, -0.25) is 0 Å². The van der Waals surface area contributed by atoms with Crippen molar-refractivity contribution in [1.82, 2.24) is 24.9 Å². The molecule has 1 aliphatic heterocycles. The summed E-state index contributed by atoms with van der Waals surface area (Å²) in [4.78, 5) is 7.37. The molecule has 0 spiro atoms. The number of aryl methyl sites for hydroxylation is 1. The molecule has 1 fully saturated rings. The maximum absolute atomic E-state index is 5.02. The van der Waals surface area contributed by atoms with Crippen molar-refractivity contribution in [3.63, 3.8) is 0 Å². The maximum Gasteiger partial charge on any atom is 0.209 e. The van der Waals surface area contributed by atoms with Crippen molar-refractivity contribution in [3.05, 3.63) is 29.5 Å². The molecule has 1 saturated heterocycles. The predicted molar refractivity (Wildman–Crippen MR) is 94.6 cm³/mol. The van der Waals surface area contributed by atoms with Crippen molar-refractivity contribution < 1.29 is 4.52 Å². The van der Waals surface area contributed by atoms with Crippen LogP contribution in [0.1, 0.15) is 48.9 Å². The Kier molecular flexibility index (Phi) is 3.58. The van der Waals surface area contributed by atoms with Gasteiger partial charge in [0.15, 0.2) is 5.01 Å². The van der Waals surface area contributed by atoms with Crippen LogP contribution in [0, 0.1) is 0 Å². The Morgan fingerprint density at radius 1 is 1.20 bits per heavy atom. The van der Waals surface area contributed by atoms with Crippen molar-refractivity contribution in [2.75, 3.05) is 11.4 Å². The second kappa shape index (κ2) is 5.94. The summed E-state index contributed by atoms with van der Waals surface area (Å²) >= 11 is 1.57. The monoisotopic (exact) mass is 356 g/mol. The third-order valence-corrected chi connectivity index (χ3v) is 6.26. The topological polar surface area (TPSA) is 72.9 Å². The number of hydrogen-bond donors (Lipinski definition) is 0. The molecule has 2 aliphatic rings. The average Bonchev–Trinajstić information content (AvgIpc) is 3.41. The highest BCUT2D eigenvalue weighted by atomic mass is 32.1. The molecule has 3 aromatic rings. The highest BCUT2D eigenvalue weighted by Gasteiger charge is 2.33. The van der Waals surface area contributed by atoms with Gasteiger partial charge in [0.2, 0.25) is 5.13 Å². The average molecular weight is 356 g/mol. The van der Waals surface area contributed by atoms with Gasteiger partial charge in [0, 0.05) is 25.4 Å². The zero-order valence-electron chi connectivity index (χ0n) is 14.2. The molecule has 3 aromatic heterocycles. The van der Waals surface area contributed by atoms with Crippen LogP contribution in [0.2, 0.25) is 0 Å². The molecule has 1 aliphatic carbocycles. The Morgan fingerprint density at radius 2 is 2.12 bits per heavy atom. The SMILES string of the molecule is Cn1c(C2CCCN2c2nnc(-c3ccon3)s2)nc2c1CCCC2. The smallest absolute Gasteiger partial charge is 0.209 e. The third-order valence-electron chi connectivity index (χ3n) is 5.28. The van der Waals surface area contributed by atoms with E-state index < -0.39 is 0 Å². The summed E-state index contributed by atoms with van der Waals surface area (Å²) in [7, 11) is 2.17. The molecule has 0 saturated carbocycles. The van der Waals surface area contributed by atoms with E-state index in [1.807, 2.05) is 6.07 Å². The van der Waals surface area contributed by atoms with Gasteiger partial charge in [-0.1, -0.05) is 16.5 Å². The zero-order valence-corrected chi connectivity index (χ0v) is 15.0. The molecule has 0 radical (unpaired) electrons. The van der Waals surface area contributed by atoms with E-state index in [2.05, 4.69) is 31.9 Å². The molecule has 0 aromatic carbocycles. The Balaban J connectivity index is 1.48. The van der Waals surface area contributed by atoms with Crippen LogP contribution in [-0.4, -0.2) is 31.4 Å². The van der Waals surface area contributed by atoms with Gasteiger partial charge in [0.25, 0.3) is 0 Å². The van der Waals surface area contributed by atoms with Crippen LogP contribution in [0.5, 0.6) is 0 Å². The molecule has 0 bridgehead atoms. The molecule has 25 heavy (non-hydrogen) atoms.